The average molecular weight is 295 g/mol. The van der Waals surface area contributed by atoms with Crippen molar-refractivity contribution in [2.45, 2.75) is 39.3 Å². The summed E-state index contributed by atoms with van der Waals surface area (Å²) in [6.07, 6.45) is 6.69. The summed E-state index contributed by atoms with van der Waals surface area (Å²) in [6.45, 7) is 6.24. The molecule has 2 heterocycles. The Kier molecular flexibility index (Phi) is 4.09. The molecule has 0 N–H and O–H groups in total. The molecular formula is C18H21N3O. The van der Waals surface area contributed by atoms with Crippen LogP contribution in [0.2, 0.25) is 0 Å². The molecule has 1 unspecified atom stereocenters. The molecule has 3 aromatic rings. The van der Waals surface area contributed by atoms with Gasteiger partial charge in [-0.25, -0.2) is 0 Å². The number of nitrogens with zero attached hydrogens (tertiary/aromatic N) is 3. The van der Waals surface area contributed by atoms with Crippen molar-refractivity contribution in [2.75, 3.05) is 0 Å². The van der Waals surface area contributed by atoms with Gasteiger partial charge in [-0.1, -0.05) is 25.1 Å². The highest BCUT2D eigenvalue weighted by Gasteiger charge is 2.18. The standard InChI is InChI=1S/C18H21N3O/c1-4-16(14-8-6-10-19-11-14)21-18-15(12-20-21)7-5-9-17(18)22-13(2)3/h5-13,16H,4H2,1-3H3. The Morgan fingerprint density at radius 1 is 1.14 bits per heavy atom. The molecule has 3 rings (SSSR count). The summed E-state index contributed by atoms with van der Waals surface area (Å²) in [5.74, 6) is 0.882. The molecule has 22 heavy (non-hydrogen) atoms. The fourth-order valence-electron chi connectivity index (χ4n) is 2.78. The van der Waals surface area contributed by atoms with Crippen LogP contribution in [0.1, 0.15) is 38.8 Å². The third-order valence-corrected chi connectivity index (χ3v) is 3.69. The predicted molar refractivity (Wildman–Crippen MR) is 88.2 cm³/mol. The monoisotopic (exact) mass is 295 g/mol. The molecule has 0 bridgehead atoms. The van der Waals surface area contributed by atoms with Crippen molar-refractivity contribution in [1.29, 1.82) is 0 Å². The van der Waals surface area contributed by atoms with Gasteiger partial charge in [-0.15, -0.1) is 0 Å². The Morgan fingerprint density at radius 3 is 2.68 bits per heavy atom. The molecule has 0 aliphatic rings. The normalized spacial score (nSPS) is 12.7. The first-order chi connectivity index (χ1) is 10.7. The van der Waals surface area contributed by atoms with Gasteiger partial charge >= 0.3 is 0 Å². The Labute approximate surface area is 130 Å². The van der Waals surface area contributed by atoms with Crippen molar-refractivity contribution in [3.63, 3.8) is 0 Å². The van der Waals surface area contributed by atoms with E-state index in [4.69, 9.17) is 4.74 Å². The van der Waals surface area contributed by atoms with E-state index >= 15 is 0 Å². The van der Waals surface area contributed by atoms with Crippen LogP contribution in [0.5, 0.6) is 5.75 Å². The summed E-state index contributed by atoms with van der Waals surface area (Å²) < 4.78 is 8.04. The maximum atomic E-state index is 5.98. The number of rotatable bonds is 5. The summed E-state index contributed by atoms with van der Waals surface area (Å²) in [4.78, 5) is 4.24. The van der Waals surface area contributed by atoms with Crippen LogP contribution in [0.3, 0.4) is 0 Å². The maximum Gasteiger partial charge on any atom is 0.145 e. The van der Waals surface area contributed by atoms with Crippen molar-refractivity contribution in [3.8, 4) is 5.75 Å². The fraction of sp³-hybridized carbons (Fsp3) is 0.333. The minimum absolute atomic E-state index is 0.132. The summed E-state index contributed by atoms with van der Waals surface area (Å²) in [6, 6.07) is 10.3. The minimum atomic E-state index is 0.132. The van der Waals surface area contributed by atoms with Crippen molar-refractivity contribution >= 4 is 10.9 Å². The van der Waals surface area contributed by atoms with Gasteiger partial charge < -0.3 is 4.74 Å². The number of hydrogen-bond acceptors (Lipinski definition) is 3. The maximum absolute atomic E-state index is 5.98. The van der Waals surface area contributed by atoms with Crippen LogP contribution in [0.15, 0.2) is 48.9 Å². The van der Waals surface area contributed by atoms with Crippen LogP contribution < -0.4 is 4.74 Å². The molecule has 4 nitrogen and oxygen atoms in total. The van der Waals surface area contributed by atoms with Crippen molar-refractivity contribution in [3.05, 3.63) is 54.5 Å². The van der Waals surface area contributed by atoms with Gasteiger partial charge in [0.2, 0.25) is 0 Å². The second-order valence-electron chi connectivity index (χ2n) is 5.66. The summed E-state index contributed by atoms with van der Waals surface area (Å²) >= 11 is 0. The Morgan fingerprint density at radius 2 is 2.00 bits per heavy atom. The molecule has 4 heteroatoms. The second-order valence-corrected chi connectivity index (χ2v) is 5.66. The Hall–Kier alpha value is -2.36. The molecule has 0 saturated carbocycles. The molecule has 0 amide bonds. The van der Waals surface area contributed by atoms with Crippen molar-refractivity contribution in [2.24, 2.45) is 0 Å². The molecule has 0 aliphatic heterocycles. The van der Waals surface area contributed by atoms with Crippen LogP contribution in [0.25, 0.3) is 10.9 Å². The summed E-state index contributed by atoms with van der Waals surface area (Å²) in [5.41, 5.74) is 2.21. The predicted octanol–water partition coefficient (Wildman–Crippen LogP) is 4.22. The molecule has 2 aromatic heterocycles. The largest absolute Gasteiger partial charge is 0.489 e. The first kappa shape index (κ1) is 14.6. The topological polar surface area (TPSA) is 39.9 Å². The molecule has 114 valence electrons. The van der Waals surface area contributed by atoms with Crippen LogP contribution in [0.4, 0.5) is 0 Å². The lowest BCUT2D eigenvalue weighted by atomic mass is 10.1. The van der Waals surface area contributed by atoms with Crippen molar-refractivity contribution < 1.29 is 4.74 Å². The molecule has 0 spiro atoms. The SMILES string of the molecule is CCC(c1cccnc1)n1ncc2cccc(OC(C)C)c21. The number of hydrogen-bond donors (Lipinski definition) is 0. The fourth-order valence-corrected chi connectivity index (χ4v) is 2.78. The number of pyridine rings is 1. The molecule has 0 saturated heterocycles. The number of para-hydroxylation sites is 1. The number of ether oxygens (including phenoxy) is 1. The van der Waals surface area contributed by atoms with Gasteiger partial charge in [0, 0.05) is 17.8 Å². The van der Waals surface area contributed by atoms with E-state index < -0.39 is 0 Å². The summed E-state index contributed by atoms with van der Waals surface area (Å²) in [7, 11) is 0. The van der Waals surface area contributed by atoms with Gasteiger partial charge in [0.25, 0.3) is 0 Å². The Bertz CT molecular complexity index is 749. The second kappa shape index (κ2) is 6.18. The van der Waals surface area contributed by atoms with E-state index in [9.17, 15) is 0 Å². The first-order valence-electron chi connectivity index (χ1n) is 7.73. The van der Waals surface area contributed by atoms with E-state index in [0.717, 1.165) is 28.6 Å². The zero-order chi connectivity index (χ0) is 15.5. The van der Waals surface area contributed by atoms with Gasteiger partial charge in [-0.2, -0.15) is 5.10 Å². The lowest BCUT2D eigenvalue weighted by Gasteiger charge is -2.19. The van der Waals surface area contributed by atoms with E-state index in [1.807, 2.05) is 44.4 Å². The average Bonchev–Trinajstić information content (AvgIpc) is 2.94. The van der Waals surface area contributed by atoms with Crippen LogP contribution >= 0.6 is 0 Å². The van der Waals surface area contributed by atoms with Gasteiger partial charge in [-0.3, -0.25) is 9.67 Å². The van der Waals surface area contributed by atoms with E-state index in [1.165, 1.54) is 0 Å². The number of fused-ring (bicyclic) bond motifs is 1. The van der Waals surface area contributed by atoms with Gasteiger partial charge in [0.15, 0.2) is 0 Å². The van der Waals surface area contributed by atoms with Crippen molar-refractivity contribution in [1.82, 2.24) is 14.8 Å². The number of benzene rings is 1. The lowest BCUT2D eigenvalue weighted by Crippen LogP contribution is -2.13. The molecule has 0 fully saturated rings. The van der Waals surface area contributed by atoms with E-state index in [0.29, 0.717) is 0 Å². The highest BCUT2D eigenvalue weighted by atomic mass is 16.5. The van der Waals surface area contributed by atoms with Crippen LogP contribution in [0, 0.1) is 0 Å². The highest BCUT2D eigenvalue weighted by molar-refractivity contribution is 5.85. The van der Waals surface area contributed by atoms with Crippen LogP contribution in [-0.4, -0.2) is 20.9 Å². The number of aromatic nitrogens is 3. The van der Waals surface area contributed by atoms with Crippen LogP contribution in [-0.2, 0) is 0 Å². The quantitative estimate of drug-likeness (QED) is 0.707. The third kappa shape index (κ3) is 2.69. The van der Waals surface area contributed by atoms with Gasteiger partial charge in [0.05, 0.1) is 18.3 Å². The molecule has 1 atom stereocenters. The molecule has 1 aromatic carbocycles. The van der Waals surface area contributed by atoms with E-state index in [1.54, 1.807) is 6.20 Å². The summed E-state index contributed by atoms with van der Waals surface area (Å²) in [5, 5.41) is 5.72. The molecular weight excluding hydrogens is 274 g/mol. The highest BCUT2D eigenvalue weighted by Crippen LogP contribution is 2.31. The molecule has 0 aliphatic carbocycles. The zero-order valence-corrected chi connectivity index (χ0v) is 13.2. The minimum Gasteiger partial charge on any atom is -0.489 e. The van der Waals surface area contributed by atoms with Gasteiger partial charge in [-0.05, 0) is 38.0 Å². The van der Waals surface area contributed by atoms with Gasteiger partial charge in [0.1, 0.15) is 11.3 Å². The van der Waals surface area contributed by atoms with E-state index in [2.05, 4.69) is 33.8 Å². The Balaban J connectivity index is 2.13. The molecule has 0 radical (unpaired) electrons. The zero-order valence-electron chi connectivity index (χ0n) is 13.2. The van der Waals surface area contributed by atoms with E-state index in [-0.39, 0.29) is 12.1 Å². The third-order valence-electron chi connectivity index (χ3n) is 3.69. The smallest absolute Gasteiger partial charge is 0.145 e. The first-order valence-corrected chi connectivity index (χ1v) is 7.73. The lowest BCUT2D eigenvalue weighted by molar-refractivity contribution is 0.244.